The molecule has 0 spiro atoms. The number of aryl methyl sites for hydroxylation is 1. The number of fused-ring (bicyclic) bond motifs is 1. The third-order valence-corrected chi connectivity index (χ3v) is 6.28. The number of anilines is 1. The third-order valence-electron chi connectivity index (χ3n) is 6.28. The molecule has 0 saturated carbocycles. The molecule has 0 bridgehead atoms. The Morgan fingerprint density at radius 1 is 1.13 bits per heavy atom. The first kappa shape index (κ1) is 21.0. The van der Waals surface area contributed by atoms with Gasteiger partial charge in [0.1, 0.15) is 0 Å². The second-order valence-corrected chi connectivity index (χ2v) is 8.47. The minimum atomic E-state index is -0.509. The van der Waals surface area contributed by atoms with Crippen molar-refractivity contribution >= 4 is 11.6 Å². The van der Waals surface area contributed by atoms with Gasteiger partial charge in [-0.15, -0.1) is 0 Å². The molecule has 0 radical (unpaired) electrons. The summed E-state index contributed by atoms with van der Waals surface area (Å²) in [6.07, 6.45) is 3.71. The standard InChI is InChI=1S/C25H32N2O3/c1-19(28)27-13-5-8-21-16-22(9-10-24(21)27)25(29)17-26-14-11-23(12-15-26)30-18-20-6-3-2-4-7-20/h2-4,6-7,9-10,16,23,25,29H,5,8,11-15,17-18H2,1H3/t25-/m0/s1. The van der Waals surface area contributed by atoms with Gasteiger partial charge in [0.25, 0.3) is 0 Å². The van der Waals surface area contributed by atoms with E-state index in [4.69, 9.17) is 4.74 Å². The number of carbonyl (C=O) groups excluding carboxylic acids is 1. The van der Waals surface area contributed by atoms with Gasteiger partial charge in [0.2, 0.25) is 5.91 Å². The van der Waals surface area contributed by atoms with Crippen molar-refractivity contribution in [1.29, 1.82) is 0 Å². The Morgan fingerprint density at radius 3 is 2.63 bits per heavy atom. The van der Waals surface area contributed by atoms with Crippen LogP contribution in [0.4, 0.5) is 5.69 Å². The number of piperidine rings is 1. The number of benzene rings is 2. The zero-order chi connectivity index (χ0) is 20.9. The molecule has 5 heteroatoms. The summed E-state index contributed by atoms with van der Waals surface area (Å²) in [7, 11) is 0. The monoisotopic (exact) mass is 408 g/mol. The highest BCUT2D eigenvalue weighted by Crippen LogP contribution is 2.30. The van der Waals surface area contributed by atoms with Crippen LogP contribution in [-0.4, -0.2) is 48.2 Å². The van der Waals surface area contributed by atoms with Crippen LogP contribution in [0.3, 0.4) is 0 Å². The van der Waals surface area contributed by atoms with Crippen LogP contribution in [-0.2, 0) is 22.6 Å². The molecule has 1 amide bonds. The lowest BCUT2D eigenvalue weighted by Gasteiger charge is -2.33. The van der Waals surface area contributed by atoms with E-state index in [1.165, 1.54) is 11.1 Å². The lowest BCUT2D eigenvalue weighted by molar-refractivity contribution is -0.116. The minimum Gasteiger partial charge on any atom is -0.387 e. The number of rotatable bonds is 6. The van der Waals surface area contributed by atoms with E-state index in [-0.39, 0.29) is 5.91 Å². The number of nitrogens with zero attached hydrogens (tertiary/aromatic N) is 2. The van der Waals surface area contributed by atoms with Crippen LogP contribution in [0.2, 0.25) is 0 Å². The van der Waals surface area contributed by atoms with Gasteiger partial charge in [0.15, 0.2) is 0 Å². The number of aliphatic hydroxyl groups excluding tert-OH is 1. The summed E-state index contributed by atoms with van der Waals surface area (Å²) in [6.45, 7) is 5.59. The molecule has 160 valence electrons. The van der Waals surface area contributed by atoms with Crippen molar-refractivity contribution in [3.8, 4) is 0 Å². The van der Waals surface area contributed by atoms with E-state index in [0.717, 1.165) is 56.6 Å². The average Bonchev–Trinajstić information content (AvgIpc) is 2.78. The van der Waals surface area contributed by atoms with E-state index >= 15 is 0 Å². The Bertz CT molecular complexity index is 847. The van der Waals surface area contributed by atoms with E-state index in [1.807, 2.05) is 35.2 Å². The molecule has 1 N–H and O–H groups in total. The maximum Gasteiger partial charge on any atom is 0.223 e. The van der Waals surface area contributed by atoms with Crippen LogP contribution in [0.25, 0.3) is 0 Å². The smallest absolute Gasteiger partial charge is 0.223 e. The Hall–Kier alpha value is -2.21. The molecule has 2 aromatic rings. The van der Waals surface area contributed by atoms with Gasteiger partial charge in [-0.05, 0) is 48.4 Å². The van der Waals surface area contributed by atoms with Crippen molar-refractivity contribution in [2.24, 2.45) is 0 Å². The minimum absolute atomic E-state index is 0.0848. The van der Waals surface area contributed by atoms with Crippen molar-refractivity contribution in [1.82, 2.24) is 4.90 Å². The van der Waals surface area contributed by atoms with Crippen LogP contribution in [0, 0.1) is 0 Å². The molecule has 2 aliphatic heterocycles. The van der Waals surface area contributed by atoms with E-state index in [0.29, 0.717) is 19.3 Å². The SMILES string of the molecule is CC(=O)N1CCCc2cc([C@@H](O)CN3CCC(OCc4ccccc4)CC3)ccc21. The highest BCUT2D eigenvalue weighted by molar-refractivity contribution is 5.92. The van der Waals surface area contributed by atoms with E-state index in [9.17, 15) is 9.90 Å². The maximum absolute atomic E-state index is 11.9. The summed E-state index contributed by atoms with van der Waals surface area (Å²) in [5, 5.41) is 10.8. The van der Waals surface area contributed by atoms with E-state index < -0.39 is 6.10 Å². The van der Waals surface area contributed by atoms with E-state index in [1.54, 1.807) is 6.92 Å². The number of hydrogen-bond donors (Lipinski definition) is 1. The summed E-state index contributed by atoms with van der Waals surface area (Å²) in [6, 6.07) is 16.4. The van der Waals surface area contributed by atoms with Gasteiger partial charge in [-0.1, -0.05) is 42.5 Å². The molecule has 30 heavy (non-hydrogen) atoms. The first-order valence-electron chi connectivity index (χ1n) is 11.1. The lowest BCUT2D eigenvalue weighted by atomic mass is 9.96. The van der Waals surface area contributed by atoms with Crippen molar-refractivity contribution in [2.75, 3.05) is 31.1 Å². The van der Waals surface area contributed by atoms with Gasteiger partial charge in [-0.25, -0.2) is 0 Å². The van der Waals surface area contributed by atoms with Crippen LogP contribution in [0.15, 0.2) is 48.5 Å². The first-order chi connectivity index (χ1) is 14.6. The highest BCUT2D eigenvalue weighted by Gasteiger charge is 2.24. The van der Waals surface area contributed by atoms with Crippen LogP contribution in [0.5, 0.6) is 0 Å². The Kier molecular flexibility index (Phi) is 6.82. The van der Waals surface area contributed by atoms with Gasteiger partial charge >= 0.3 is 0 Å². The first-order valence-corrected chi connectivity index (χ1v) is 11.1. The van der Waals surface area contributed by atoms with Gasteiger partial charge in [-0.3, -0.25) is 4.79 Å². The van der Waals surface area contributed by atoms with E-state index in [2.05, 4.69) is 23.1 Å². The second kappa shape index (κ2) is 9.73. The molecule has 2 heterocycles. The zero-order valence-corrected chi connectivity index (χ0v) is 17.8. The second-order valence-electron chi connectivity index (χ2n) is 8.47. The molecule has 1 fully saturated rings. The molecule has 1 atom stereocenters. The van der Waals surface area contributed by atoms with Crippen molar-refractivity contribution in [3.63, 3.8) is 0 Å². The number of likely N-dealkylation sites (tertiary alicyclic amines) is 1. The molecule has 0 aliphatic carbocycles. The van der Waals surface area contributed by atoms with Gasteiger partial charge in [0.05, 0.1) is 18.8 Å². The molecular formula is C25H32N2O3. The Morgan fingerprint density at radius 2 is 1.90 bits per heavy atom. The van der Waals surface area contributed by atoms with Gasteiger partial charge < -0.3 is 19.6 Å². The maximum atomic E-state index is 11.9. The topological polar surface area (TPSA) is 53.0 Å². The zero-order valence-electron chi connectivity index (χ0n) is 17.8. The predicted octanol–water partition coefficient (Wildman–Crippen LogP) is 3.70. The van der Waals surface area contributed by atoms with Gasteiger partial charge in [0, 0.05) is 38.8 Å². The predicted molar refractivity (Wildman–Crippen MR) is 118 cm³/mol. The normalized spacial score (nSPS) is 18.8. The van der Waals surface area contributed by atoms with Crippen LogP contribution < -0.4 is 4.90 Å². The fourth-order valence-corrected chi connectivity index (χ4v) is 4.55. The van der Waals surface area contributed by atoms with Crippen molar-refractivity contribution in [3.05, 3.63) is 65.2 Å². The largest absolute Gasteiger partial charge is 0.387 e. The van der Waals surface area contributed by atoms with Crippen LogP contribution in [0.1, 0.15) is 49.0 Å². The molecule has 1 saturated heterocycles. The quantitative estimate of drug-likeness (QED) is 0.792. The highest BCUT2D eigenvalue weighted by atomic mass is 16.5. The molecule has 2 aliphatic rings. The molecule has 2 aromatic carbocycles. The van der Waals surface area contributed by atoms with Crippen molar-refractivity contribution in [2.45, 2.75) is 51.4 Å². The molecule has 5 nitrogen and oxygen atoms in total. The van der Waals surface area contributed by atoms with Crippen LogP contribution >= 0.6 is 0 Å². The average molecular weight is 409 g/mol. The summed E-state index contributed by atoms with van der Waals surface area (Å²) in [5.74, 6) is 0.0848. The lowest BCUT2D eigenvalue weighted by Crippen LogP contribution is -2.39. The number of carbonyl (C=O) groups is 1. The van der Waals surface area contributed by atoms with Gasteiger partial charge in [-0.2, -0.15) is 0 Å². The number of aliphatic hydroxyl groups is 1. The Labute approximate surface area is 179 Å². The Balaban J connectivity index is 1.28. The fourth-order valence-electron chi connectivity index (χ4n) is 4.55. The summed E-state index contributed by atoms with van der Waals surface area (Å²) in [4.78, 5) is 16.0. The number of ether oxygens (including phenoxy) is 1. The fraction of sp³-hybridized carbons (Fsp3) is 0.480. The van der Waals surface area contributed by atoms with Crippen molar-refractivity contribution < 1.29 is 14.6 Å². The summed E-state index contributed by atoms with van der Waals surface area (Å²) >= 11 is 0. The molecule has 4 rings (SSSR count). The summed E-state index contributed by atoms with van der Waals surface area (Å²) in [5.41, 5.74) is 4.33. The number of β-amino-alcohol motifs (C(OH)–C–C–N with tert-alkyl or cyclic N) is 1. The third kappa shape index (κ3) is 5.09. The summed E-state index contributed by atoms with van der Waals surface area (Å²) < 4.78 is 6.08. The number of hydrogen-bond acceptors (Lipinski definition) is 4. The molecule has 0 unspecified atom stereocenters. The molecule has 0 aromatic heterocycles. The molecular weight excluding hydrogens is 376 g/mol. The number of amides is 1.